The van der Waals surface area contributed by atoms with Crippen molar-refractivity contribution in [2.75, 3.05) is 0 Å². The van der Waals surface area contributed by atoms with Crippen molar-refractivity contribution in [3.8, 4) is 11.5 Å². The highest BCUT2D eigenvalue weighted by Crippen LogP contribution is 2.30. The molecule has 12 heavy (non-hydrogen) atoms. The standard InChI is InChI=1S/C8H7NO2.BrH/c10-7-5-9-4-2-1-3-6(9)8(7)11;/h1-5,10-11H;1H. The van der Waals surface area contributed by atoms with Crippen molar-refractivity contribution in [2.45, 2.75) is 0 Å². The smallest absolute Gasteiger partial charge is 0.183 e. The van der Waals surface area contributed by atoms with Crippen LogP contribution in [0, 0.1) is 0 Å². The van der Waals surface area contributed by atoms with Gasteiger partial charge in [-0.3, -0.25) is 0 Å². The zero-order valence-corrected chi connectivity index (χ0v) is 7.85. The van der Waals surface area contributed by atoms with Crippen LogP contribution in [0.3, 0.4) is 0 Å². The predicted octanol–water partition coefficient (Wildman–Crippen LogP) is 1.93. The molecule has 3 nitrogen and oxygen atoms in total. The molecule has 4 heteroatoms. The van der Waals surface area contributed by atoms with Gasteiger partial charge in [-0.05, 0) is 12.1 Å². The molecule has 0 saturated carbocycles. The van der Waals surface area contributed by atoms with Crippen molar-refractivity contribution < 1.29 is 10.2 Å². The summed E-state index contributed by atoms with van der Waals surface area (Å²) in [4.78, 5) is 0. The van der Waals surface area contributed by atoms with Crippen LogP contribution in [0.25, 0.3) is 5.52 Å². The molecular weight excluding hydrogens is 222 g/mol. The van der Waals surface area contributed by atoms with Crippen LogP contribution in [-0.4, -0.2) is 14.6 Å². The van der Waals surface area contributed by atoms with Crippen LogP contribution in [0.1, 0.15) is 0 Å². The van der Waals surface area contributed by atoms with Crippen LogP contribution in [0.5, 0.6) is 11.5 Å². The van der Waals surface area contributed by atoms with Crippen molar-refractivity contribution >= 4 is 22.5 Å². The number of aromatic nitrogens is 1. The fourth-order valence-corrected chi connectivity index (χ4v) is 1.09. The summed E-state index contributed by atoms with van der Waals surface area (Å²) in [5, 5.41) is 18.3. The van der Waals surface area contributed by atoms with Crippen LogP contribution in [0.2, 0.25) is 0 Å². The van der Waals surface area contributed by atoms with Gasteiger partial charge in [0.2, 0.25) is 0 Å². The zero-order chi connectivity index (χ0) is 7.84. The second-order valence-corrected chi connectivity index (χ2v) is 2.36. The summed E-state index contributed by atoms with van der Waals surface area (Å²) in [7, 11) is 0. The van der Waals surface area contributed by atoms with Gasteiger partial charge in [-0.1, -0.05) is 6.07 Å². The van der Waals surface area contributed by atoms with E-state index in [0.717, 1.165) is 0 Å². The van der Waals surface area contributed by atoms with Crippen molar-refractivity contribution in [1.29, 1.82) is 0 Å². The van der Waals surface area contributed by atoms with Crippen LogP contribution in [-0.2, 0) is 0 Å². The molecule has 0 radical (unpaired) electrons. The molecule has 0 bridgehead atoms. The van der Waals surface area contributed by atoms with E-state index in [2.05, 4.69) is 0 Å². The summed E-state index contributed by atoms with van der Waals surface area (Å²) in [6, 6.07) is 5.36. The molecule has 2 N–H and O–H groups in total. The zero-order valence-electron chi connectivity index (χ0n) is 6.14. The molecule has 0 amide bonds. The summed E-state index contributed by atoms with van der Waals surface area (Å²) in [5.74, 6) is -0.151. The van der Waals surface area contributed by atoms with Crippen molar-refractivity contribution in [3.63, 3.8) is 0 Å². The molecule has 0 saturated heterocycles. The summed E-state index contributed by atoms with van der Waals surface area (Å²) >= 11 is 0. The molecule has 0 aromatic carbocycles. The van der Waals surface area contributed by atoms with Gasteiger partial charge in [-0.25, -0.2) is 0 Å². The summed E-state index contributed by atoms with van der Waals surface area (Å²) in [6.45, 7) is 0. The van der Waals surface area contributed by atoms with E-state index in [4.69, 9.17) is 5.11 Å². The minimum Gasteiger partial charge on any atom is -0.503 e. The van der Waals surface area contributed by atoms with Gasteiger partial charge in [-0.2, -0.15) is 0 Å². The number of fused-ring (bicyclic) bond motifs is 1. The Labute approximate surface area is 79.7 Å². The number of hydrogen-bond acceptors (Lipinski definition) is 2. The van der Waals surface area contributed by atoms with Crippen molar-refractivity contribution in [1.82, 2.24) is 4.40 Å². The Morgan fingerprint density at radius 3 is 2.58 bits per heavy atom. The first kappa shape index (κ1) is 8.93. The number of rotatable bonds is 0. The predicted molar refractivity (Wildman–Crippen MR) is 51.0 cm³/mol. The Bertz CT molecular complexity index is 397. The molecule has 2 aromatic rings. The first-order chi connectivity index (χ1) is 5.29. The van der Waals surface area contributed by atoms with Crippen LogP contribution in [0.15, 0.2) is 30.6 Å². The topological polar surface area (TPSA) is 44.9 Å². The van der Waals surface area contributed by atoms with Gasteiger partial charge in [0.05, 0.1) is 11.7 Å². The van der Waals surface area contributed by atoms with E-state index >= 15 is 0 Å². The third-order valence-electron chi connectivity index (χ3n) is 1.64. The average molecular weight is 230 g/mol. The number of hydrogen-bond donors (Lipinski definition) is 2. The molecule has 0 atom stereocenters. The number of halogens is 1. The Morgan fingerprint density at radius 1 is 1.17 bits per heavy atom. The van der Waals surface area contributed by atoms with E-state index in [0.29, 0.717) is 5.52 Å². The molecule has 2 heterocycles. The molecule has 0 aliphatic heterocycles. The lowest BCUT2D eigenvalue weighted by atomic mass is 10.4. The van der Waals surface area contributed by atoms with Crippen molar-refractivity contribution in [3.05, 3.63) is 30.6 Å². The molecule has 0 aliphatic carbocycles. The molecule has 2 rings (SSSR count). The largest absolute Gasteiger partial charge is 0.503 e. The Morgan fingerprint density at radius 2 is 1.92 bits per heavy atom. The normalized spacial score (nSPS) is 9.67. The third-order valence-corrected chi connectivity index (χ3v) is 1.64. The molecule has 0 fully saturated rings. The second-order valence-electron chi connectivity index (χ2n) is 2.36. The first-order valence-corrected chi connectivity index (χ1v) is 3.26. The number of aromatic hydroxyl groups is 2. The van der Waals surface area contributed by atoms with Gasteiger partial charge in [0.1, 0.15) is 0 Å². The maximum absolute atomic E-state index is 9.23. The minimum atomic E-state index is -0.0869. The van der Waals surface area contributed by atoms with Gasteiger partial charge in [0, 0.05) is 6.20 Å². The molecule has 2 aromatic heterocycles. The second kappa shape index (κ2) is 3.06. The van der Waals surface area contributed by atoms with Gasteiger partial charge >= 0.3 is 0 Å². The van der Waals surface area contributed by atoms with E-state index in [9.17, 15) is 5.11 Å². The third kappa shape index (κ3) is 1.14. The highest BCUT2D eigenvalue weighted by Gasteiger charge is 2.05. The van der Waals surface area contributed by atoms with E-state index in [1.807, 2.05) is 6.07 Å². The Kier molecular flexibility index (Phi) is 2.28. The monoisotopic (exact) mass is 229 g/mol. The maximum atomic E-state index is 9.23. The molecule has 0 spiro atoms. The van der Waals surface area contributed by atoms with Gasteiger partial charge in [-0.15, -0.1) is 17.0 Å². The van der Waals surface area contributed by atoms with Crippen LogP contribution in [0.4, 0.5) is 0 Å². The van der Waals surface area contributed by atoms with Crippen LogP contribution < -0.4 is 0 Å². The van der Waals surface area contributed by atoms with E-state index in [-0.39, 0.29) is 28.5 Å². The van der Waals surface area contributed by atoms with Gasteiger partial charge in [0.25, 0.3) is 0 Å². The SMILES string of the molecule is Br.Oc1cn2ccccc2c1O. The fraction of sp³-hybridized carbons (Fsp3) is 0. The number of nitrogens with zero attached hydrogens (tertiary/aromatic N) is 1. The molecule has 64 valence electrons. The van der Waals surface area contributed by atoms with Crippen LogP contribution >= 0.6 is 17.0 Å². The van der Waals surface area contributed by atoms with Crippen molar-refractivity contribution in [2.24, 2.45) is 0 Å². The highest BCUT2D eigenvalue weighted by molar-refractivity contribution is 8.93. The quantitative estimate of drug-likeness (QED) is 0.726. The first-order valence-electron chi connectivity index (χ1n) is 3.26. The van der Waals surface area contributed by atoms with Gasteiger partial charge < -0.3 is 14.6 Å². The van der Waals surface area contributed by atoms with E-state index in [1.165, 1.54) is 6.20 Å². The van der Waals surface area contributed by atoms with E-state index < -0.39 is 0 Å². The lowest BCUT2D eigenvalue weighted by Gasteiger charge is -1.90. The summed E-state index contributed by atoms with van der Waals surface area (Å²) in [5.41, 5.74) is 0.616. The minimum absolute atomic E-state index is 0. The highest BCUT2D eigenvalue weighted by atomic mass is 79.9. The Balaban J connectivity index is 0.000000720. The fourth-order valence-electron chi connectivity index (χ4n) is 1.09. The molecule has 0 unspecified atom stereocenters. The Hall–Kier alpha value is -1.16. The maximum Gasteiger partial charge on any atom is 0.183 e. The molecular formula is C8H8BrNO2. The van der Waals surface area contributed by atoms with Gasteiger partial charge in [0.15, 0.2) is 11.5 Å². The summed E-state index contributed by atoms with van der Waals surface area (Å²) in [6.07, 6.45) is 3.22. The average Bonchev–Trinajstić information content (AvgIpc) is 2.30. The van der Waals surface area contributed by atoms with E-state index in [1.54, 1.807) is 22.7 Å². The molecule has 0 aliphatic rings. The summed E-state index contributed by atoms with van der Waals surface area (Å²) < 4.78 is 1.66. The number of pyridine rings is 1. The lowest BCUT2D eigenvalue weighted by molar-refractivity contribution is 0.411. The lowest BCUT2D eigenvalue weighted by Crippen LogP contribution is -1.76.